The minimum atomic E-state index is -0.534. The Morgan fingerprint density at radius 1 is 1.14 bits per heavy atom. The zero-order chi connectivity index (χ0) is 20.7. The van der Waals surface area contributed by atoms with Crippen molar-refractivity contribution in [3.05, 3.63) is 29.0 Å². The fourth-order valence-corrected chi connectivity index (χ4v) is 3.70. The van der Waals surface area contributed by atoms with Gasteiger partial charge in [-0.3, -0.25) is 0 Å². The molecule has 0 saturated heterocycles. The molecule has 1 heterocycles. The Morgan fingerprint density at radius 3 is 2.29 bits per heavy atom. The van der Waals surface area contributed by atoms with Gasteiger partial charge in [-0.25, -0.2) is 9.79 Å². The van der Waals surface area contributed by atoms with Crippen LogP contribution in [-0.2, 0) is 9.53 Å². The lowest BCUT2D eigenvalue weighted by Crippen LogP contribution is -2.30. The van der Waals surface area contributed by atoms with Crippen LogP contribution < -0.4 is 19.5 Å². The Balaban J connectivity index is 2.59. The van der Waals surface area contributed by atoms with Crippen molar-refractivity contribution in [2.75, 3.05) is 33.7 Å². The van der Waals surface area contributed by atoms with E-state index < -0.39 is 12.0 Å². The second-order valence-electron chi connectivity index (χ2n) is 6.03. The molecule has 2 rings (SSSR count). The summed E-state index contributed by atoms with van der Waals surface area (Å²) in [6.45, 7) is 6.04. The number of benzene rings is 1. The molecule has 0 spiro atoms. The molecule has 0 aromatic heterocycles. The minimum absolute atomic E-state index is 0.290. The van der Waals surface area contributed by atoms with Crippen LogP contribution in [-0.4, -0.2) is 44.8 Å². The highest BCUT2D eigenvalue weighted by Gasteiger charge is 2.32. The molecule has 154 valence electrons. The lowest BCUT2D eigenvalue weighted by Gasteiger charge is -2.26. The molecule has 0 radical (unpaired) electrons. The predicted octanol–water partition coefficient (Wildman–Crippen LogP) is 3.69. The van der Waals surface area contributed by atoms with Crippen LogP contribution in [0.4, 0.5) is 0 Å². The maximum Gasteiger partial charge on any atom is 0.338 e. The van der Waals surface area contributed by atoms with Gasteiger partial charge in [-0.1, -0.05) is 18.7 Å². The predicted molar refractivity (Wildman–Crippen MR) is 111 cm³/mol. The van der Waals surface area contributed by atoms with E-state index >= 15 is 0 Å². The third kappa shape index (κ3) is 4.73. The third-order valence-corrected chi connectivity index (χ3v) is 5.25. The number of nitrogens with zero attached hydrogens (tertiary/aromatic N) is 1. The second kappa shape index (κ2) is 10.3. The number of amidine groups is 1. The molecule has 0 aliphatic carbocycles. The quantitative estimate of drug-likeness (QED) is 0.657. The first-order valence-corrected chi connectivity index (χ1v) is 10.1. The lowest BCUT2D eigenvalue weighted by atomic mass is 9.96. The second-order valence-corrected chi connectivity index (χ2v) is 7.11. The molecule has 0 saturated carbocycles. The summed E-state index contributed by atoms with van der Waals surface area (Å²) in [6.07, 6.45) is 1.02. The van der Waals surface area contributed by atoms with Crippen LogP contribution in [0, 0.1) is 0 Å². The number of hydrogen-bond acceptors (Lipinski definition) is 8. The monoisotopic (exact) mass is 408 g/mol. The van der Waals surface area contributed by atoms with E-state index in [0.29, 0.717) is 29.4 Å². The van der Waals surface area contributed by atoms with Crippen molar-refractivity contribution in [1.82, 2.24) is 5.32 Å². The lowest BCUT2D eigenvalue weighted by molar-refractivity contribution is -0.138. The maximum absolute atomic E-state index is 12.7. The Labute approximate surface area is 170 Å². The number of esters is 1. The summed E-state index contributed by atoms with van der Waals surface area (Å²) in [6, 6.07) is 3.10. The Hall–Kier alpha value is -2.35. The first-order valence-electron chi connectivity index (χ1n) is 9.15. The van der Waals surface area contributed by atoms with Gasteiger partial charge in [-0.2, -0.15) is 0 Å². The molecule has 28 heavy (non-hydrogen) atoms. The van der Waals surface area contributed by atoms with Crippen molar-refractivity contribution < 1.29 is 23.7 Å². The molecular formula is C20H28N2O5S. The molecule has 0 fully saturated rings. The SMILES string of the molecule is CCCSC1=N[C@H](c2cc(OC)c(OC)c(OC)c2)C(C(=O)OCC)=C(C)N1. The van der Waals surface area contributed by atoms with Crippen molar-refractivity contribution in [2.45, 2.75) is 33.2 Å². The van der Waals surface area contributed by atoms with Crippen LogP contribution in [0.15, 0.2) is 28.4 Å². The fraction of sp³-hybridized carbons (Fsp3) is 0.500. The summed E-state index contributed by atoms with van der Waals surface area (Å²) in [4.78, 5) is 17.5. The number of methoxy groups -OCH3 is 3. The van der Waals surface area contributed by atoms with E-state index in [-0.39, 0.29) is 0 Å². The number of hydrogen-bond donors (Lipinski definition) is 1. The zero-order valence-electron chi connectivity index (χ0n) is 17.3. The average Bonchev–Trinajstić information content (AvgIpc) is 2.70. The van der Waals surface area contributed by atoms with Gasteiger partial charge in [-0.05, 0) is 38.0 Å². The summed E-state index contributed by atoms with van der Waals surface area (Å²) >= 11 is 1.62. The summed E-state index contributed by atoms with van der Waals surface area (Å²) < 4.78 is 21.6. The molecular weight excluding hydrogens is 380 g/mol. The smallest absolute Gasteiger partial charge is 0.338 e. The van der Waals surface area contributed by atoms with Crippen molar-refractivity contribution >= 4 is 22.9 Å². The molecule has 1 aliphatic rings. The average molecular weight is 409 g/mol. The van der Waals surface area contributed by atoms with Crippen molar-refractivity contribution in [3.8, 4) is 17.2 Å². The summed E-state index contributed by atoms with van der Waals surface area (Å²) in [5.41, 5.74) is 1.95. The molecule has 0 bridgehead atoms. The van der Waals surface area contributed by atoms with Crippen molar-refractivity contribution in [1.29, 1.82) is 0 Å². The normalized spacial score (nSPS) is 16.2. The highest BCUT2D eigenvalue weighted by atomic mass is 32.2. The van der Waals surface area contributed by atoms with E-state index in [1.807, 2.05) is 19.1 Å². The zero-order valence-corrected chi connectivity index (χ0v) is 18.1. The fourth-order valence-electron chi connectivity index (χ4n) is 2.89. The Bertz CT molecular complexity index is 751. The number of rotatable bonds is 8. The van der Waals surface area contributed by atoms with Crippen molar-refractivity contribution in [3.63, 3.8) is 0 Å². The number of aliphatic imine (C=N–C) groups is 1. The van der Waals surface area contributed by atoms with Gasteiger partial charge in [-0.15, -0.1) is 0 Å². The summed E-state index contributed by atoms with van der Waals surface area (Å²) in [5.74, 6) is 2.04. The van der Waals surface area contributed by atoms with Crippen LogP contribution >= 0.6 is 11.8 Å². The number of nitrogens with one attached hydrogen (secondary N) is 1. The van der Waals surface area contributed by atoms with Gasteiger partial charge in [0.05, 0.1) is 33.5 Å². The minimum Gasteiger partial charge on any atom is -0.493 e. The van der Waals surface area contributed by atoms with Gasteiger partial charge < -0.3 is 24.3 Å². The van der Waals surface area contributed by atoms with Crippen LogP contribution in [0.2, 0.25) is 0 Å². The van der Waals surface area contributed by atoms with Crippen LogP contribution in [0.3, 0.4) is 0 Å². The highest BCUT2D eigenvalue weighted by Crippen LogP contribution is 2.43. The van der Waals surface area contributed by atoms with E-state index in [1.165, 1.54) is 0 Å². The number of ether oxygens (including phenoxy) is 4. The molecule has 1 atom stereocenters. The number of allylic oxidation sites excluding steroid dienone is 1. The van der Waals surface area contributed by atoms with E-state index in [0.717, 1.165) is 28.6 Å². The Morgan fingerprint density at radius 2 is 1.79 bits per heavy atom. The largest absolute Gasteiger partial charge is 0.493 e. The van der Waals surface area contributed by atoms with Gasteiger partial charge in [0.2, 0.25) is 5.75 Å². The molecule has 0 amide bonds. The first kappa shape index (κ1) is 21.9. The van der Waals surface area contributed by atoms with E-state index in [4.69, 9.17) is 23.9 Å². The van der Waals surface area contributed by atoms with Crippen LogP contribution in [0.5, 0.6) is 17.2 Å². The van der Waals surface area contributed by atoms with E-state index in [2.05, 4.69) is 12.2 Å². The Kier molecular flexibility index (Phi) is 8.04. The summed E-state index contributed by atoms with van der Waals surface area (Å²) in [5, 5.41) is 3.99. The molecule has 8 heteroatoms. The summed E-state index contributed by atoms with van der Waals surface area (Å²) in [7, 11) is 4.67. The topological polar surface area (TPSA) is 78.4 Å². The van der Waals surface area contributed by atoms with Gasteiger partial charge in [0.1, 0.15) is 6.04 Å². The van der Waals surface area contributed by atoms with Crippen molar-refractivity contribution in [2.24, 2.45) is 4.99 Å². The van der Waals surface area contributed by atoms with E-state index in [1.54, 1.807) is 40.0 Å². The number of carbonyl (C=O) groups excluding carboxylic acids is 1. The van der Waals surface area contributed by atoms with Gasteiger partial charge >= 0.3 is 5.97 Å². The van der Waals surface area contributed by atoms with Crippen LogP contribution in [0.1, 0.15) is 38.8 Å². The standard InChI is InChI=1S/C20H28N2O5S/c1-7-9-28-20-21-12(3)16(19(23)27-8-2)17(22-20)13-10-14(24-4)18(26-6)15(11-13)25-5/h10-11,17H,7-9H2,1-6H3,(H,21,22)/t17-/m1/s1. The molecule has 1 aliphatic heterocycles. The molecule has 0 unspecified atom stereocenters. The van der Waals surface area contributed by atoms with Gasteiger partial charge in [0.25, 0.3) is 0 Å². The first-order chi connectivity index (χ1) is 13.5. The maximum atomic E-state index is 12.7. The van der Waals surface area contributed by atoms with Gasteiger partial charge in [0.15, 0.2) is 16.7 Å². The molecule has 1 aromatic carbocycles. The van der Waals surface area contributed by atoms with Gasteiger partial charge in [0, 0.05) is 11.4 Å². The number of thioether (sulfide) groups is 1. The molecule has 1 aromatic rings. The van der Waals surface area contributed by atoms with E-state index in [9.17, 15) is 4.79 Å². The molecule has 1 N–H and O–H groups in total. The van der Waals surface area contributed by atoms with Crippen LogP contribution in [0.25, 0.3) is 0 Å². The third-order valence-electron chi connectivity index (χ3n) is 4.16. The highest BCUT2D eigenvalue weighted by molar-refractivity contribution is 8.13. The number of carbonyl (C=O) groups is 1. The molecule has 7 nitrogen and oxygen atoms in total.